The quantitative estimate of drug-likeness (QED) is 0.316. The molecular formula is C18H32N4O5S. The number of rotatable bonds is 11. The van der Waals surface area contributed by atoms with Crippen LogP contribution in [-0.4, -0.2) is 72.9 Å². The van der Waals surface area contributed by atoms with E-state index in [1.165, 1.54) is 4.31 Å². The fourth-order valence-corrected chi connectivity index (χ4v) is 3.36. The first-order valence-corrected chi connectivity index (χ1v) is 10.6. The highest BCUT2D eigenvalue weighted by atomic mass is 32.2. The summed E-state index contributed by atoms with van der Waals surface area (Å²) < 4.78 is 40.9. The van der Waals surface area contributed by atoms with Gasteiger partial charge in [0.1, 0.15) is 0 Å². The summed E-state index contributed by atoms with van der Waals surface area (Å²) in [5.74, 6) is 2.44. The molecule has 0 aliphatic heterocycles. The normalized spacial score (nSPS) is 12.0. The Labute approximate surface area is 168 Å². The Balaban J connectivity index is 2.59. The molecule has 0 atom stereocenters. The number of methoxy groups -OCH3 is 3. The van der Waals surface area contributed by atoms with Gasteiger partial charge in [-0.25, -0.2) is 12.7 Å². The summed E-state index contributed by atoms with van der Waals surface area (Å²) >= 11 is 0. The van der Waals surface area contributed by atoms with E-state index in [2.05, 4.69) is 15.6 Å². The van der Waals surface area contributed by atoms with Gasteiger partial charge in [-0.1, -0.05) is 0 Å². The molecule has 0 heterocycles. The van der Waals surface area contributed by atoms with Crippen molar-refractivity contribution in [1.82, 2.24) is 14.9 Å². The van der Waals surface area contributed by atoms with E-state index in [1.54, 1.807) is 42.3 Å². The number of ether oxygens (including phenoxy) is 3. The van der Waals surface area contributed by atoms with Crippen LogP contribution in [0.1, 0.15) is 18.9 Å². The molecule has 28 heavy (non-hydrogen) atoms. The summed E-state index contributed by atoms with van der Waals surface area (Å²) in [6.07, 6.45) is 0.667. The van der Waals surface area contributed by atoms with E-state index in [0.717, 1.165) is 5.56 Å². The van der Waals surface area contributed by atoms with E-state index in [0.29, 0.717) is 49.3 Å². The predicted molar refractivity (Wildman–Crippen MR) is 111 cm³/mol. The van der Waals surface area contributed by atoms with Gasteiger partial charge in [0.25, 0.3) is 0 Å². The molecule has 0 fully saturated rings. The highest BCUT2D eigenvalue weighted by Gasteiger charge is 2.15. The topological polar surface area (TPSA) is 101 Å². The number of hydrogen-bond acceptors (Lipinski definition) is 6. The Hall–Kier alpha value is -2.20. The highest BCUT2D eigenvalue weighted by molar-refractivity contribution is 7.89. The molecule has 10 heteroatoms. The molecule has 0 bridgehead atoms. The minimum absolute atomic E-state index is 0.106. The van der Waals surface area contributed by atoms with Crippen LogP contribution >= 0.6 is 0 Å². The van der Waals surface area contributed by atoms with E-state index >= 15 is 0 Å². The van der Waals surface area contributed by atoms with Gasteiger partial charge in [-0.05, 0) is 31.0 Å². The van der Waals surface area contributed by atoms with E-state index < -0.39 is 10.0 Å². The van der Waals surface area contributed by atoms with Crippen molar-refractivity contribution >= 4 is 16.0 Å². The lowest BCUT2D eigenvalue weighted by atomic mass is 10.2. The third-order valence-electron chi connectivity index (χ3n) is 4.19. The summed E-state index contributed by atoms with van der Waals surface area (Å²) in [5, 5.41) is 6.38. The first-order valence-electron chi connectivity index (χ1n) is 9.00. The summed E-state index contributed by atoms with van der Waals surface area (Å²) in [5.41, 5.74) is 0.936. The fourth-order valence-electron chi connectivity index (χ4n) is 2.51. The van der Waals surface area contributed by atoms with E-state index in [4.69, 9.17) is 14.2 Å². The van der Waals surface area contributed by atoms with Crippen LogP contribution in [-0.2, 0) is 16.6 Å². The molecule has 1 aromatic carbocycles. The lowest BCUT2D eigenvalue weighted by Gasteiger charge is -2.17. The first kappa shape index (κ1) is 23.8. The predicted octanol–water partition coefficient (Wildman–Crippen LogP) is 1.05. The minimum Gasteiger partial charge on any atom is -0.493 e. The monoisotopic (exact) mass is 416 g/mol. The third kappa shape index (κ3) is 6.75. The van der Waals surface area contributed by atoms with Gasteiger partial charge < -0.3 is 24.8 Å². The number of nitrogens with zero attached hydrogens (tertiary/aromatic N) is 2. The van der Waals surface area contributed by atoms with Gasteiger partial charge in [0.2, 0.25) is 15.8 Å². The van der Waals surface area contributed by atoms with Crippen LogP contribution in [0.4, 0.5) is 0 Å². The smallest absolute Gasteiger partial charge is 0.213 e. The second kappa shape index (κ2) is 11.6. The summed E-state index contributed by atoms with van der Waals surface area (Å²) in [6, 6.07) is 3.73. The molecule has 0 radical (unpaired) electrons. The average Bonchev–Trinajstić information content (AvgIpc) is 2.71. The van der Waals surface area contributed by atoms with Gasteiger partial charge in [0.05, 0.1) is 27.1 Å². The molecule has 0 aliphatic rings. The zero-order valence-corrected chi connectivity index (χ0v) is 18.4. The Morgan fingerprint density at radius 1 is 1.11 bits per heavy atom. The molecule has 160 valence electrons. The molecule has 0 aromatic heterocycles. The molecule has 0 amide bonds. The number of nitrogens with one attached hydrogen (secondary N) is 2. The van der Waals surface area contributed by atoms with Gasteiger partial charge in [-0.15, -0.1) is 0 Å². The minimum atomic E-state index is -3.14. The molecule has 0 aliphatic carbocycles. The van der Waals surface area contributed by atoms with Crippen LogP contribution in [0.25, 0.3) is 0 Å². The van der Waals surface area contributed by atoms with Crippen LogP contribution in [0.2, 0.25) is 0 Å². The van der Waals surface area contributed by atoms with Crippen LogP contribution in [0.3, 0.4) is 0 Å². The first-order chi connectivity index (χ1) is 13.3. The Bertz CT molecular complexity index is 727. The molecule has 0 unspecified atom stereocenters. The lowest BCUT2D eigenvalue weighted by Crippen LogP contribution is -2.38. The zero-order chi connectivity index (χ0) is 21.2. The largest absolute Gasteiger partial charge is 0.493 e. The van der Waals surface area contributed by atoms with E-state index in [9.17, 15) is 8.42 Å². The van der Waals surface area contributed by atoms with Gasteiger partial charge in [0.15, 0.2) is 17.5 Å². The summed E-state index contributed by atoms with van der Waals surface area (Å²) in [7, 11) is 4.84. The fraction of sp³-hybridized carbons (Fsp3) is 0.611. The van der Waals surface area contributed by atoms with Crippen molar-refractivity contribution in [1.29, 1.82) is 0 Å². The van der Waals surface area contributed by atoms with Gasteiger partial charge in [-0.2, -0.15) is 0 Å². The lowest BCUT2D eigenvalue weighted by molar-refractivity contribution is 0.323. The van der Waals surface area contributed by atoms with Crippen LogP contribution < -0.4 is 24.8 Å². The summed E-state index contributed by atoms with van der Waals surface area (Å²) in [4.78, 5) is 4.18. The van der Waals surface area contributed by atoms with E-state index in [-0.39, 0.29) is 5.75 Å². The molecule has 9 nitrogen and oxygen atoms in total. The second-order valence-electron chi connectivity index (χ2n) is 5.96. The molecule has 1 aromatic rings. The van der Waals surface area contributed by atoms with Gasteiger partial charge in [-0.3, -0.25) is 4.99 Å². The molecule has 0 saturated heterocycles. The van der Waals surface area contributed by atoms with Crippen molar-refractivity contribution in [3.05, 3.63) is 17.7 Å². The van der Waals surface area contributed by atoms with Gasteiger partial charge in [0, 0.05) is 33.7 Å². The highest BCUT2D eigenvalue weighted by Crippen LogP contribution is 2.38. The third-order valence-corrected chi connectivity index (χ3v) is 6.05. The average molecular weight is 417 g/mol. The van der Waals surface area contributed by atoms with Crippen molar-refractivity contribution in [2.24, 2.45) is 4.99 Å². The van der Waals surface area contributed by atoms with Crippen LogP contribution in [0.5, 0.6) is 17.2 Å². The van der Waals surface area contributed by atoms with Crippen molar-refractivity contribution in [3.8, 4) is 17.2 Å². The van der Waals surface area contributed by atoms with Crippen molar-refractivity contribution in [2.75, 3.05) is 54.3 Å². The second-order valence-corrected chi connectivity index (χ2v) is 8.33. The van der Waals surface area contributed by atoms with Crippen molar-refractivity contribution < 1.29 is 22.6 Å². The maximum Gasteiger partial charge on any atom is 0.213 e. The number of benzene rings is 1. The van der Waals surface area contributed by atoms with Crippen LogP contribution in [0.15, 0.2) is 17.1 Å². The maximum absolute atomic E-state index is 11.7. The molecule has 2 N–H and O–H groups in total. The summed E-state index contributed by atoms with van der Waals surface area (Å²) in [6.45, 7) is 3.19. The van der Waals surface area contributed by atoms with Crippen molar-refractivity contribution in [3.63, 3.8) is 0 Å². The number of sulfonamides is 1. The Kier molecular flexibility index (Phi) is 9.88. The molecular weight excluding hydrogens is 384 g/mol. The van der Waals surface area contributed by atoms with Crippen molar-refractivity contribution in [2.45, 2.75) is 19.9 Å². The SMILES string of the molecule is CCS(=O)(=O)N(C)CCCNC(=NC)NCc1cc(OC)c(OC)c(OC)c1. The maximum atomic E-state index is 11.7. The zero-order valence-electron chi connectivity index (χ0n) is 17.5. The Morgan fingerprint density at radius 3 is 2.18 bits per heavy atom. The number of hydrogen-bond donors (Lipinski definition) is 2. The molecule has 0 spiro atoms. The molecule has 1 rings (SSSR count). The number of guanidine groups is 1. The Morgan fingerprint density at radius 2 is 1.71 bits per heavy atom. The molecule has 0 saturated carbocycles. The van der Waals surface area contributed by atoms with Gasteiger partial charge >= 0.3 is 0 Å². The standard InChI is InChI=1S/C18H32N4O5S/c1-7-28(23,24)22(3)10-8-9-20-18(19-2)21-13-14-11-15(25-4)17(27-6)16(12-14)26-5/h11-12H,7-10,13H2,1-6H3,(H2,19,20,21). The van der Waals surface area contributed by atoms with Crippen LogP contribution in [0, 0.1) is 0 Å². The van der Waals surface area contributed by atoms with E-state index in [1.807, 2.05) is 12.1 Å². The number of aliphatic imine (C=N–C) groups is 1.